The molecule has 1 atom stereocenters. The van der Waals surface area contributed by atoms with Gasteiger partial charge in [0.25, 0.3) is 0 Å². The molecule has 0 spiro atoms. The van der Waals surface area contributed by atoms with Gasteiger partial charge >= 0.3 is 0 Å². The van der Waals surface area contributed by atoms with Gasteiger partial charge in [-0.2, -0.15) is 0 Å². The zero-order valence-corrected chi connectivity index (χ0v) is 8.59. The number of halogens is 2. The van der Waals surface area contributed by atoms with Crippen molar-refractivity contribution in [3.8, 4) is 0 Å². The molecule has 1 aliphatic heterocycles. The summed E-state index contributed by atoms with van der Waals surface area (Å²) in [5, 5.41) is 3.74. The van der Waals surface area contributed by atoms with Gasteiger partial charge < -0.3 is 9.73 Å². The van der Waals surface area contributed by atoms with E-state index in [9.17, 15) is 8.78 Å². The summed E-state index contributed by atoms with van der Waals surface area (Å²) in [4.78, 5) is 0. The average molecular weight is 223 g/mol. The fourth-order valence-corrected chi connectivity index (χ4v) is 2.41. The van der Waals surface area contributed by atoms with Crippen molar-refractivity contribution < 1.29 is 13.2 Å². The van der Waals surface area contributed by atoms with E-state index in [0.717, 1.165) is 25.6 Å². The van der Waals surface area contributed by atoms with Crippen molar-refractivity contribution in [2.45, 2.75) is 12.3 Å². The van der Waals surface area contributed by atoms with Crippen LogP contribution in [0.2, 0.25) is 0 Å². The van der Waals surface area contributed by atoms with Gasteiger partial charge in [0.15, 0.2) is 11.4 Å². The maximum atomic E-state index is 13.8. The summed E-state index contributed by atoms with van der Waals surface area (Å²) in [5.41, 5.74) is 0.735. The van der Waals surface area contributed by atoms with E-state index in [2.05, 4.69) is 5.32 Å². The van der Waals surface area contributed by atoms with Crippen LogP contribution in [-0.4, -0.2) is 13.1 Å². The quantitative estimate of drug-likeness (QED) is 0.804. The molecule has 1 aliphatic rings. The number of furan rings is 1. The van der Waals surface area contributed by atoms with E-state index in [-0.39, 0.29) is 11.5 Å². The fourth-order valence-electron chi connectivity index (χ4n) is 2.41. The molecule has 0 aliphatic carbocycles. The highest BCUT2D eigenvalue weighted by Gasteiger charge is 2.24. The van der Waals surface area contributed by atoms with Gasteiger partial charge in [-0.25, -0.2) is 8.78 Å². The SMILES string of the molecule is Fc1cc(F)c2occc2c1C1CCNC1. The van der Waals surface area contributed by atoms with Crippen molar-refractivity contribution in [3.63, 3.8) is 0 Å². The van der Waals surface area contributed by atoms with Gasteiger partial charge in [0.2, 0.25) is 0 Å². The Balaban J connectivity index is 2.25. The summed E-state index contributed by atoms with van der Waals surface area (Å²) < 4.78 is 32.2. The zero-order chi connectivity index (χ0) is 11.1. The number of hydrogen-bond donors (Lipinski definition) is 1. The second kappa shape index (κ2) is 3.56. The van der Waals surface area contributed by atoms with Crippen LogP contribution in [0.4, 0.5) is 8.78 Å². The van der Waals surface area contributed by atoms with Crippen molar-refractivity contribution in [2.75, 3.05) is 13.1 Å². The molecule has 2 heterocycles. The zero-order valence-electron chi connectivity index (χ0n) is 8.59. The van der Waals surface area contributed by atoms with Crippen LogP contribution in [0, 0.1) is 11.6 Å². The van der Waals surface area contributed by atoms with Crippen LogP contribution < -0.4 is 5.32 Å². The molecule has 2 nitrogen and oxygen atoms in total. The molecule has 1 N–H and O–H groups in total. The summed E-state index contributed by atoms with van der Waals surface area (Å²) >= 11 is 0. The molecule has 16 heavy (non-hydrogen) atoms. The first-order valence-corrected chi connectivity index (χ1v) is 5.33. The molecule has 4 heteroatoms. The molecular formula is C12H11F2NO. The van der Waals surface area contributed by atoms with Gasteiger partial charge in [-0.3, -0.25) is 0 Å². The van der Waals surface area contributed by atoms with Crippen molar-refractivity contribution in [1.82, 2.24) is 5.32 Å². The Labute approximate surface area is 91.2 Å². The lowest BCUT2D eigenvalue weighted by atomic mass is 9.94. The lowest BCUT2D eigenvalue weighted by Crippen LogP contribution is -2.09. The van der Waals surface area contributed by atoms with Crippen LogP contribution in [0.5, 0.6) is 0 Å². The minimum absolute atomic E-state index is 0.112. The molecule has 1 fully saturated rings. The standard InChI is InChI=1S/C12H11F2NO/c13-9-5-10(14)12-8(2-4-16-12)11(9)7-1-3-15-6-7/h2,4-5,7,15H,1,3,6H2. The maximum Gasteiger partial charge on any atom is 0.169 e. The summed E-state index contributed by atoms with van der Waals surface area (Å²) in [6.45, 7) is 1.61. The van der Waals surface area contributed by atoms with Gasteiger partial charge in [-0.15, -0.1) is 0 Å². The molecule has 84 valence electrons. The van der Waals surface area contributed by atoms with E-state index in [1.54, 1.807) is 6.07 Å². The number of rotatable bonds is 1. The van der Waals surface area contributed by atoms with Crippen molar-refractivity contribution in [3.05, 3.63) is 35.6 Å². The summed E-state index contributed by atoms with van der Waals surface area (Å²) in [5.74, 6) is -0.993. The van der Waals surface area contributed by atoms with Gasteiger partial charge in [0, 0.05) is 29.5 Å². The fraction of sp³-hybridized carbons (Fsp3) is 0.333. The minimum Gasteiger partial charge on any atom is -0.461 e. The van der Waals surface area contributed by atoms with Crippen LogP contribution in [0.1, 0.15) is 17.9 Å². The number of fused-ring (bicyclic) bond motifs is 1. The molecule has 1 saturated heterocycles. The van der Waals surface area contributed by atoms with Gasteiger partial charge in [0.05, 0.1) is 6.26 Å². The van der Waals surface area contributed by atoms with E-state index in [1.807, 2.05) is 0 Å². The second-order valence-corrected chi connectivity index (χ2v) is 4.11. The number of benzene rings is 1. The predicted octanol–water partition coefficient (Wildman–Crippen LogP) is 2.79. The smallest absolute Gasteiger partial charge is 0.169 e. The van der Waals surface area contributed by atoms with Crippen molar-refractivity contribution in [2.24, 2.45) is 0 Å². The molecule has 1 unspecified atom stereocenters. The first-order chi connectivity index (χ1) is 7.77. The number of nitrogens with one attached hydrogen (secondary N) is 1. The number of hydrogen-bond acceptors (Lipinski definition) is 2. The Kier molecular flexibility index (Phi) is 2.17. The molecule has 0 amide bonds. The third-order valence-electron chi connectivity index (χ3n) is 3.15. The highest BCUT2D eigenvalue weighted by Crippen LogP contribution is 2.33. The average Bonchev–Trinajstić information content (AvgIpc) is 2.86. The van der Waals surface area contributed by atoms with E-state index < -0.39 is 11.6 Å². The molecule has 1 aromatic carbocycles. The predicted molar refractivity (Wildman–Crippen MR) is 56.4 cm³/mol. The highest BCUT2D eigenvalue weighted by molar-refractivity contribution is 5.82. The van der Waals surface area contributed by atoms with Crippen molar-refractivity contribution in [1.29, 1.82) is 0 Å². The molecular weight excluding hydrogens is 212 g/mol. The normalized spacial score (nSPS) is 20.8. The Bertz CT molecular complexity index is 529. The van der Waals surface area contributed by atoms with E-state index in [4.69, 9.17) is 4.42 Å². The Morgan fingerprint density at radius 1 is 1.31 bits per heavy atom. The molecule has 3 rings (SSSR count). The van der Waals surface area contributed by atoms with Gasteiger partial charge in [0.1, 0.15) is 5.82 Å². The summed E-state index contributed by atoms with van der Waals surface area (Å²) in [6.07, 6.45) is 2.28. The van der Waals surface area contributed by atoms with Crippen LogP contribution in [-0.2, 0) is 0 Å². The Hall–Kier alpha value is -1.42. The van der Waals surface area contributed by atoms with Crippen LogP contribution in [0.25, 0.3) is 11.0 Å². The second-order valence-electron chi connectivity index (χ2n) is 4.11. The van der Waals surface area contributed by atoms with Crippen LogP contribution in [0.3, 0.4) is 0 Å². The molecule has 0 radical (unpaired) electrons. The van der Waals surface area contributed by atoms with E-state index >= 15 is 0 Å². The monoisotopic (exact) mass is 223 g/mol. The lowest BCUT2D eigenvalue weighted by Gasteiger charge is -2.11. The summed E-state index contributed by atoms with van der Waals surface area (Å²) in [7, 11) is 0. The molecule has 0 saturated carbocycles. The Morgan fingerprint density at radius 3 is 2.94 bits per heavy atom. The minimum atomic E-state index is -0.632. The highest BCUT2D eigenvalue weighted by atomic mass is 19.1. The molecule has 2 aromatic rings. The lowest BCUT2D eigenvalue weighted by molar-refractivity contribution is 0.538. The van der Waals surface area contributed by atoms with E-state index in [1.165, 1.54) is 6.26 Å². The first kappa shape index (κ1) is 9.78. The maximum absolute atomic E-state index is 13.8. The van der Waals surface area contributed by atoms with Crippen molar-refractivity contribution >= 4 is 11.0 Å². The third-order valence-corrected chi connectivity index (χ3v) is 3.15. The van der Waals surface area contributed by atoms with E-state index in [0.29, 0.717) is 10.9 Å². The Morgan fingerprint density at radius 2 is 2.19 bits per heavy atom. The first-order valence-electron chi connectivity index (χ1n) is 5.33. The topological polar surface area (TPSA) is 25.2 Å². The third kappa shape index (κ3) is 1.33. The van der Waals surface area contributed by atoms with Crippen LogP contribution in [0.15, 0.2) is 22.8 Å². The van der Waals surface area contributed by atoms with Gasteiger partial charge in [-0.1, -0.05) is 0 Å². The largest absolute Gasteiger partial charge is 0.461 e. The molecule has 1 aromatic heterocycles. The molecule has 0 bridgehead atoms. The van der Waals surface area contributed by atoms with Gasteiger partial charge in [-0.05, 0) is 19.0 Å². The summed E-state index contributed by atoms with van der Waals surface area (Å²) in [6, 6.07) is 2.55. The van der Waals surface area contributed by atoms with Crippen LogP contribution >= 0.6 is 0 Å².